The molecule has 4 rings (SSSR count). The predicted octanol–water partition coefficient (Wildman–Crippen LogP) is 7.22. The molecule has 32 heavy (non-hydrogen) atoms. The lowest BCUT2D eigenvalue weighted by molar-refractivity contribution is 0.209. The lowest BCUT2D eigenvalue weighted by atomic mass is 10.1. The van der Waals surface area contributed by atoms with E-state index in [2.05, 4.69) is 36.6 Å². The van der Waals surface area contributed by atoms with Gasteiger partial charge in [-0.05, 0) is 81.6 Å². The summed E-state index contributed by atoms with van der Waals surface area (Å²) in [5, 5.41) is 0.737. The van der Waals surface area contributed by atoms with Crippen LogP contribution in [0.25, 0.3) is 11.0 Å². The van der Waals surface area contributed by atoms with Crippen LogP contribution in [0.15, 0.2) is 60.7 Å². The number of aryl methyl sites for hydroxylation is 4. The zero-order valence-corrected chi connectivity index (χ0v) is 19.8. The van der Waals surface area contributed by atoms with Crippen molar-refractivity contribution in [3.8, 4) is 11.5 Å². The number of halogens is 1. The Morgan fingerprint density at radius 2 is 1.78 bits per heavy atom. The molecule has 0 amide bonds. The number of aromatic nitrogens is 2. The van der Waals surface area contributed by atoms with Crippen LogP contribution in [0.2, 0.25) is 5.02 Å². The van der Waals surface area contributed by atoms with Crippen LogP contribution in [0.1, 0.15) is 42.0 Å². The molecule has 0 aliphatic heterocycles. The zero-order valence-electron chi connectivity index (χ0n) is 19.1. The van der Waals surface area contributed by atoms with Gasteiger partial charge in [0.1, 0.15) is 11.5 Å². The monoisotopic (exact) mass is 448 g/mol. The molecule has 3 aromatic carbocycles. The normalized spacial score (nSPS) is 12.2. The van der Waals surface area contributed by atoms with Gasteiger partial charge in [-0.25, -0.2) is 4.98 Å². The SMILES string of the molecule is Cc1ccc(OCCCn2c(C(C)Oc3ccc(Cl)c(C)c3)nc3ccccc32)c(C)c1. The van der Waals surface area contributed by atoms with Gasteiger partial charge in [-0.1, -0.05) is 41.4 Å². The molecule has 0 radical (unpaired) electrons. The maximum Gasteiger partial charge on any atom is 0.153 e. The lowest BCUT2D eigenvalue weighted by Crippen LogP contribution is -2.13. The Balaban J connectivity index is 1.50. The maximum absolute atomic E-state index is 6.24. The lowest BCUT2D eigenvalue weighted by Gasteiger charge is -2.17. The fourth-order valence-electron chi connectivity index (χ4n) is 3.95. The third-order valence-electron chi connectivity index (χ3n) is 5.60. The number of imidazole rings is 1. The van der Waals surface area contributed by atoms with Gasteiger partial charge in [0.25, 0.3) is 0 Å². The van der Waals surface area contributed by atoms with Gasteiger partial charge in [-0.2, -0.15) is 0 Å². The summed E-state index contributed by atoms with van der Waals surface area (Å²) in [6.07, 6.45) is 0.663. The Hall–Kier alpha value is -2.98. The third kappa shape index (κ3) is 4.91. The van der Waals surface area contributed by atoms with Crippen LogP contribution in [-0.2, 0) is 6.54 Å². The van der Waals surface area contributed by atoms with E-state index in [-0.39, 0.29) is 6.10 Å². The Morgan fingerprint density at radius 1 is 0.969 bits per heavy atom. The molecule has 0 spiro atoms. The van der Waals surface area contributed by atoms with Gasteiger partial charge >= 0.3 is 0 Å². The highest BCUT2D eigenvalue weighted by Crippen LogP contribution is 2.28. The van der Waals surface area contributed by atoms with Crippen molar-refractivity contribution < 1.29 is 9.47 Å². The minimum atomic E-state index is -0.205. The second kappa shape index (κ2) is 9.66. The Morgan fingerprint density at radius 3 is 2.56 bits per heavy atom. The molecule has 4 nitrogen and oxygen atoms in total. The van der Waals surface area contributed by atoms with Crippen LogP contribution in [0.5, 0.6) is 11.5 Å². The second-order valence-electron chi connectivity index (χ2n) is 8.25. The highest BCUT2D eigenvalue weighted by molar-refractivity contribution is 6.31. The Kier molecular flexibility index (Phi) is 6.71. The number of rotatable bonds is 8. The standard InChI is InChI=1S/C27H29ClN2O2/c1-18-10-13-26(20(3)16-18)31-15-7-14-30-25-9-6-5-8-24(25)29-27(30)21(4)32-22-11-12-23(28)19(2)17-22/h5-6,8-13,16-17,21H,7,14-15H2,1-4H3. The molecule has 166 valence electrons. The van der Waals surface area contributed by atoms with E-state index in [0.29, 0.717) is 6.61 Å². The molecule has 0 aliphatic carbocycles. The van der Waals surface area contributed by atoms with Gasteiger partial charge in [0, 0.05) is 11.6 Å². The van der Waals surface area contributed by atoms with Gasteiger partial charge in [0.2, 0.25) is 0 Å². The highest BCUT2D eigenvalue weighted by atomic mass is 35.5. The summed E-state index contributed by atoms with van der Waals surface area (Å²) in [4.78, 5) is 4.88. The molecule has 0 aliphatic rings. The van der Waals surface area contributed by atoms with Crippen LogP contribution in [0, 0.1) is 20.8 Å². The van der Waals surface area contributed by atoms with Crippen LogP contribution in [-0.4, -0.2) is 16.2 Å². The summed E-state index contributed by atoms with van der Waals surface area (Å²) in [6, 6.07) is 20.2. The number of benzene rings is 3. The average Bonchev–Trinajstić information content (AvgIpc) is 3.14. The topological polar surface area (TPSA) is 36.3 Å². The van der Waals surface area contributed by atoms with Gasteiger partial charge in [0.15, 0.2) is 11.9 Å². The first-order valence-corrected chi connectivity index (χ1v) is 11.4. The largest absolute Gasteiger partial charge is 0.493 e. The summed E-state index contributed by atoms with van der Waals surface area (Å²) in [7, 11) is 0. The summed E-state index contributed by atoms with van der Waals surface area (Å²) in [5.74, 6) is 2.64. The molecule has 0 N–H and O–H groups in total. The highest BCUT2D eigenvalue weighted by Gasteiger charge is 2.18. The average molecular weight is 449 g/mol. The van der Waals surface area contributed by atoms with Gasteiger partial charge < -0.3 is 14.0 Å². The summed E-state index contributed by atoms with van der Waals surface area (Å²) < 4.78 is 14.5. The van der Waals surface area contributed by atoms with Crippen molar-refractivity contribution in [1.82, 2.24) is 9.55 Å². The fraction of sp³-hybridized carbons (Fsp3) is 0.296. The first-order chi connectivity index (χ1) is 15.4. The third-order valence-corrected chi connectivity index (χ3v) is 6.03. The quantitative estimate of drug-likeness (QED) is 0.267. The second-order valence-corrected chi connectivity index (χ2v) is 8.66. The predicted molar refractivity (Wildman–Crippen MR) is 131 cm³/mol. The smallest absolute Gasteiger partial charge is 0.153 e. The van der Waals surface area contributed by atoms with E-state index in [0.717, 1.165) is 51.9 Å². The summed E-state index contributed by atoms with van der Waals surface area (Å²) in [6.45, 7) is 9.63. The molecule has 4 aromatic rings. The molecule has 0 saturated carbocycles. The van der Waals surface area contributed by atoms with Gasteiger partial charge in [-0.15, -0.1) is 0 Å². The molecule has 0 saturated heterocycles. The van der Waals surface area contributed by atoms with Crippen molar-refractivity contribution >= 4 is 22.6 Å². The molecular formula is C27H29ClN2O2. The molecule has 1 unspecified atom stereocenters. The number of hydrogen-bond acceptors (Lipinski definition) is 3. The van der Waals surface area contributed by atoms with Gasteiger partial charge in [0.05, 0.1) is 17.6 Å². The van der Waals surface area contributed by atoms with Crippen LogP contribution in [0.4, 0.5) is 0 Å². The van der Waals surface area contributed by atoms with Crippen molar-refractivity contribution in [3.05, 3.63) is 88.2 Å². The minimum Gasteiger partial charge on any atom is -0.493 e. The van der Waals surface area contributed by atoms with E-state index in [1.54, 1.807) is 0 Å². The minimum absolute atomic E-state index is 0.205. The van der Waals surface area contributed by atoms with Crippen molar-refractivity contribution in [3.63, 3.8) is 0 Å². The van der Waals surface area contributed by atoms with E-state index in [1.165, 1.54) is 11.1 Å². The van der Waals surface area contributed by atoms with E-state index >= 15 is 0 Å². The number of ether oxygens (including phenoxy) is 2. The van der Waals surface area contributed by atoms with E-state index < -0.39 is 0 Å². The Labute approximate surface area is 194 Å². The first-order valence-electron chi connectivity index (χ1n) is 11.0. The number of fused-ring (bicyclic) bond motifs is 1. The zero-order chi connectivity index (χ0) is 22.7. The molecule has 0 fully saturated rings. The van der Waals surface area contributed by atoms with Crippen LogP contribution < -0.4 is 9.47 Å². The van der Waals surface area contributed by atoms with Crippen molar-refractivity contribution in [2.45, 2.75) is 46.8 Å². The number of nitrogens with zero attached hydrogens (tertiary/aromatic N) is 2. The molecule has 1 aromatic heterocycles. The number of hydrogen-bond donors (Lipinski definition) is 0. The molecular weight excluding hydrogens is 420 g/mol. The van der Waals surface area contributed by atoms with Crippen LogP contribution >= 0.6 is 11.6 Å². The van der Waals surface area contributed by atoms with Crippen molar-refractivity contribution in [2.75, 3.05) is 6.61 Å². The van der Waals surface area contributed by atoms with E-state index in [9.17, 15) is 0 Å². The molecule has 1 heterocycles. The fourth-order valence-corrected chi connectivity index (χ4v) is 4.07. The summed E-state index contributed by atoms with van der Waals surface area (Å²) in [5.41, 5.74) is 5.49. The summed E-state index contributed by atoms with van der Waals surface area (Å²) >= 11 is 6.16. The Bertz CT molecular complexity index is 1230. The number of para-hydroxylation sites is 2. The molecule has 0 bridgehead atoms. The first kappa shape index (κ1) is 22.2. The molecule has 1 atom stereocenters. The van der Waals surface area contributed by atoms with Crippen LogP contribution in [0.3, 0.4) is 0 Å². The van der Waals surface area contributed by atoms with Crippen molar-refractivity contribution in [1.29, 1.82) is 0 Å². The van der Waals surface area contributed by atoms with Gasteiger partial charge in [-0.3, -0.25) is 0 Å². The molecule has 5 heteroatoms. The van der Waals surface area contributed by atoms with E-state index in [1.807, 2.05) is 56.3 Å². The van der Waals surface area contributed by atoms with E-state index in [4.69, 9.17) is 26.1 Å². The van der Waals surface area contributed by atoms with Crippen molar-refractivity contribution in [2.24, 2.45) is 0 Å². The maximum atomic E-state index is 6.24.